The number of fused-ring (bicyclic) bond motifs is 1. The van der Waals surface area contributed by atoms with Gasteiger partial charge in [0.2, 0.25) is 0 Å². The van der Waals surface area contributed by atoms with Gasteiger partial charge in [0.15, 0.2) is 0 Å². The number of aromatic amines is 1. The van der Waals surface area contributed by atoms with Crippen molar-refractivity contribution < 1.29 is 4.74 Å². The average molecular weight is 480 g/mol. The first-order valence-electron chi connectivity index (χ1n) is 12.4. The highest BCUT2D eigenvalue weighted by Crippen LogP contribution is 2.23. The van der Waals surface area contributed by atoms with Crippen LogP contribution in [-0.2, 0) is 13.0 Å². The van der Waals surface area contributed by atoms with Crippen LogP contribution in [-0.4, -0.2) is 47.6 Å². The van der Waals surface area contributed by atoms with E-state index in [0.29, 0.717) is 41.1 Å². The number of hydrogen-bond acceptors (Lipinski definition) is 6. The van der Waals surface area contributed by atoms with Gasteiger partial charge in [0.25, 0.3) is 5.56 Å². The topological polar surface area (TPSA) is 85.2 Å². The number of nitrogens with one attached hydrogen (secondary N) is 1. The lowest BCUT2D eigenvalue weighted by atomic mass is 10.2. The van der Waals surface area contributed by atoms with Crippen LogP contribution in [0.15, 0.2) is 77.6 Å². The second-order valence-electron chi connectivity index (χ2n) is 9.03. The Morgan fingerprint density at radius 2 is 1.72 bits per heavy atom. The van der Waals surface area contributed by atoms with Gasteiger partial charge < -0.3 is 14.6 Å². The predicted octanol–water partition coefficient (Wildman–Crippen LogP) is 4.13. The van der Waals surface area contributed by atoms with Crippen LogP contribution in [0.4, 0.5) is 5.69 Å². The van der Waals surface area contributed by atoms with Gasteiger partial charge >= 0.3 is 0 Å². The Balaban J connectivity index is 1.17. The third-order valence-corrected chi connectivity index (χ3v) is 6.61. The van der Waals surface area contributed by atoms with Crippen LogP contribution in [0.1, 0.15) is 23.4 Å². The molecule has 5 rings (SSSR count). The fourth-order valence-corrected chi connectivity index (χ4v) is 4.60. The zero-order valence-corrected chi connectivity index (χ0v) is 20.2. The highest BCUT2D eigenvalue weighted by Gasteiger charge is 2.17. The van der Waals surface area contributed by atoms with Crippen LogP contribution in [0.25, 0.3) is 10.9 Å². The second kappa shape index (κ2) is 11.1. The number of aromatic nitrogens is 2. The summed E-state index contributed by atoms with van der Waals surface area (Å²) in [6, 6.07) is 25.4. The van der Waals surface area contributed by atoms with E-state index in [1.54, 1.807) is 6.07 Å². The number of rotatable bonds is 8. The Labute approximate surface area is 210 Å². The number of hydrogen-bond donors (Lipinski definition) is 1. The molecule has 0 aliphatic carbocycles. The maximum atomic E-state index is 12.7. The number of piperazine rings is 1. The number of para-hydroxylation sites is 1. The van der Waals surface area contributed by atoms with Crippen molar-refractivity contribution in [2.75, 3.05) is 37.6 Å². The zero-order valence-electron chi connectivity index (χ0n) is 20.2. The monoisotopic (exact) mass is 479 g/mol. The van der Waals surface area contributed by atoms with Crippen molar-refractivity contribution in [3.63, 3.8) is 0 Å². The lowest BCUT2D eigenvalue weighted by Crippen LogP contribution is -2.46. The molecule has 1 aromatic heterocycles. The summed E-state index contributed by atoms with van der Waals surface area (Å²) >= 11 is 0. The molecule has 0 amide bonds. The summed E-state index contributed by atoms with van der Waals surface area (Å²) in [4.78, 5) is 25.2. The number of aryl methyl sites for hydroxylation is 1. The van der Waals surface area contributed by atoms with Crippen molar-refractivity contribution in [3.05, 3.63) is 100 Å². The SMILES string of the molecule is N#Cc1ccc(N2CCN(CCCc3nc4c(OCc5ccccc5)cccc4c(=O)[nH]3)CC2)cc1. The Morgan fingerprint density at radius 1 is 0.944 bits per heavy atom. The fourth-order valence-electron chi connectivity index (χ4n) is 4.60. The largest absolute Gasteiger partial charge is 0.487 e. The first-order chi connectivity index (χ1) is 17.7. The number of nitrogens with zero attached hydrogens (tertiary/aromatic N) is 4. The van der Waals surface area contributed by atoms with Gasteiger partial charge in [-0.25, -0.2) is 4.98 Å². The Morgan fingerprint density at radius 3 is 2.47 bits per heavy atom. The van der Waals surface area contributed by atoms with Gasteiger partial charge in [0.05, 0.1) is 17.0 Å². The molecule has 0 saturated carbocycles. The fraction of sp³-hybridized carbons (Fsp3) is 0.276. The maximum absolute atomic E-state index is 12.7. The van der Waals surface area contributed by atoms with Gasteiger partial charge in [0.1, 0.15) is 23.7 Å². The summed E-state index contributed by atoms with van der Waals surface area (Å²) < 4.78 is 6.03. The van der Waals surface area contributed by atoms with Crippen molar-refractivity contribution in [2.24, 2.45) is 0 Å². The molecule has 0 atom stereocenters. The summed E-state index contributed by atoms with van der Waals surface area (Å²) in [5.74, 6) is 1.32. The number of H-pyrrole nitrogens is 1. The van der Waals surface area contributed by atoms with E-state index in [9.17, 15) is 4.79 Å². The van der Waals surface area contributed by atoms with Crippen LogP contribution < -0.4 is 15.2 Å². The molecular weight excluding hydrogens is 450 g/mol. The van der Waals surface area contributed by atoms with Gasteiger partial charge in [-0.05, 0) is 54.9 Å². The molecule has 4 aromatic rings. The highest BCUT2D eigenvalue weighted by molar-refractivity contribution is 5.83. The third kappa shape index (κ3) is 5.56. The minimum absolute atomic E-state index is 0.129. The van der Waals surface area contributed by atoms with E-state index < -0.39 is 0 Å². The molecule has 1 aliphatic heterocycles. The van der Waals surface area contributed by atoms with Crippen LogP contribution in [0.5, 0.6) is 5.75 Å². The van der Waals surface area contributed by atoms with Crippen molar-refractivity contribution in [2.45, 2.75) is 19.4 Å². The van der Waals surface area contributed by atoms with Gasteiger partial charge in [0, 0.05) is 38.3 Å². The molecule has 0 bridgehead atoms. The quantitative estimate of drug-likeness (QED) is 0.409. The highest BCUT2D eigenvalue weighted by atomic mass is 16.5. The van der Waals surface area contributed by atoms with E-state index in [4.69, 9.17) is 15.0 Å². The Bertz CT molecular complexity index is 1400. The molecule has 1 fully saturated rings. The Kier molecular flexibility index (Phi) is 7.25. The van der Waals surface area contributed by atoms with Crippen molar-refractivity contribution in [1.82, 2.24) is 14.9 Å². The molecule has 0 radical (unpaired) electrons. The van der Waals surface area contributed by atoms with E-state index in [0.717, 1.165) is 50.4 Å². The minimum Gasteiger partial charge on any atom is -0.487 e. The summed E-state index contributed by atoms with van der Waals surface area (Å²) in [5, 5.41) is 9.53. The number of benzene rings is 3. The minimum atomic E-state index is -0.129. The van der Waals surface area contributed by atoms with Gasteiger partial charge in [-0.2, -0.15) is 5.26 Å². The van der Waals surface area contributed by atoms with Crippen LogP contribution in [0.2, 0.25) is 0 Å². The molecule has 1 saturated heterocycles. The summed E-state index contributed by atoms with van der Waals surface area (Å²) in [6.45, 7) is 5.27. The smallest absolute Gasteiger partial charge is 0.258 e. The van der Waals surface area contributed by atoms with E-state index in [-0.39, 0.29) is 5.56 Å². The zero-order chi connectivity index (χ0) is 24.7. The maximum Gasteiger partial charge on any atom is 0.258 e. The summed E-state index contributed by atoms with van der Waals surface area (Å²) in [7, 11) is 0. The first kappa shape index (κ1) is 23.6. The van der Waals surface area contributed by atoms with Crippen LogP contribution in [0, 0.1) is 11.3 Å². The van der Waals surface area contributed by atoms with E-state index in [1.807, 2.05) is 66.7 Å². The first-order valence-corrected chi connectivity index (χ1v) is 12.4. The van der Waals surface area contributed by atoms with Crippen LogP contribution >= 0.6 is 0 Å². The van der Waals surface area contributed by atoms with E-state index in [2.05, 4.69) is 20.9 Å². The van der Waals surface area contributed by atoms with Gasteiger partial charge in [-0.15, -0.1) is 0 Å². The predicted molar refractivity (Wildman–Crippen MR) is 141 cm³/mol. The lowest BCUT2D eigenvalue weighted by Gasteiger charge is -2.36. The third-order valence-electron chi connectivity index (χ3n) is 6.61. The molecule has 182 valence electrons. The molecular formula is C29H29N5O2. The van der Waals surface area contributed by atoms with Crippen LogP contribution in [0.3, 0.4) is 0 Å². The molecule has 7 nitrogen and oxygen atoms in total. The number of ether oxygens (including phenoxy) is 1. The van der Waals surface area contributed by atoms with Crippen molar-refractivity contribution in [3.8, 4) is 11.8 Å². The average Bonchev–Trinajstić information content (AvgIpc) is 2.93. The normalized spacial score (nSPS) is 14.0. The lowest BCUT2D eigenvalue weighted by molar-refractivity contribution is 0.254. The molecule has 0 spiro atoms. The van der Waals surface area contributed by atoms with Gasteiger partial charge in [-0.3, -0.25) is 9.69 Å². The molecule has 7 heteroatoms. The summed E-state index contributed by atoms with van der Waals surface area (Å²) in [6.07, 6.45) is 1.62. The summed E-state index contributed by atoms with van der Waals surface area (Å²) in [5.41, 5.74) is 3.41. The molecule has 2 heterocycles. The number of nitriles is 1. The molecule has 36 heavy (non-hydrogen) atoms. The standard InChI is InChI=1S/C29H29N5O2/c30-20-22-11-13-24(14-12-22)34-18-16-33(17-19-34)15-5-10-27-31-28-25(29(35)32-27)8-4-9-26(28)36-21-23-6-2-1-3-7-23/h1-4,6-9,11-14H,5,10,15-19,21H2,(H,31,32,35). The van der Waals surface area contributed by atoms with Crippen molar-refractivity contribution >= 4 is 16.6 Å². The second-order valence-corrected chi connectivity index (χ2v) is 9.03. The molecule has 0 unspecified atom stereocenters. The van der Waals surface area contributed by atoms with E-state index in [1.165, 1.54) is 0 Å². The number of anilines is 1. The Hall–Kier alpha value is -4.15. The molecule has 1 N–H and O–H groups in total. The molecule has 3 aromatic carbocycles. The van der Waals surface area contributed by atoms with Gasteiger partial charge in [-0.1, -0.05) is 36.4 Å². The van der Waals surface area contributed by atoms with E-state index >= 15 is 0 Å². The van der Waals surface area contributed by atoms with Crippen molar-refractivity contribution in [1.29, 1.82) is 5.26 Å². The molecule has 1 aliphatic rings.